The van der Waals surface area contributed by atoms with Gasteiger partial charge in [-0.3, -0.25) is 9.69 Å². The molecule has 2 N–H and O–H groups in total. The third-order valence-electron chi connectivity index (χ3n) is 5.15. The molecule has 4 rings (SSSR count). The van der Waals surface area contributed by atoms with Crippen LogP contribution in [0.3, 0.4) is 0 Å². The Morgan fingerprint density at radius 3 is 2.90 bits per heavy atom. The molecule has 6 nitrogen and oxygen atoms in total. The van der Waals surface area contributed by atoms with Gasteiger partial charge >= 0.3 is 0 Å². The summed E-state index contributed by atoms with van der Waals surface area (Å²) in [7, 11) is 0. The molecule has 2 aliphatic rings. The highest BCUT2D eigenvalue weighted by Gasteiger charge is 2.41. The van der Waals surface area contributed by atoms with Gasteiger partial charge in [0.25, 0.3) is 0 Å². The number of halogens is 1. The second-order valence-corrected chi connectivity index (χ2v) is 10.2. The standard InChI is InChI=1S/C21H20BrN5OS2/c1-2-10-29-21-26-25-20(30-21)27-15-8-5-9-16(28)18(15)17(13(11-23)19(27)24)12-6-3-4-7-14(12)22/h3-4,6-7,17H,2,5,8-10,24H2,1H3. The fourth-order valence-corrected chi connectivity index (χ4v) is 6.19. The Hall–Kier alpha value is -2.15. The Bertz CT molecular complexity index is 1100. The van der Waals surface area contributed by atoms with Crippen LogP contribution in [0.15, 0.2) is 55.7 Å². The second-order valence-electron chi connectivity index (χ2n) is 7.04. The summed E-state index contributed by atoms with van der Waals surface area (Å²) >= 11 is 6.68. The van der Waals surface area contributed by atoms with Gasteiger partial charge in [-0.1, -0.05) is 64.2 Å². The van der Waals surface area contributed by atoms with Crippen molar-refractivity contribution in [1.82, 2.24) is 10.2 Å². The maximum Gasteiger partial charge on any atom is 0.219 e. The first-order valence-corrected chi connectivity index (χ1v) is 12.3. The first-order valence-electron chi connectivity index (χ1n) is 9.73. The maximum absolute atomic E-state index is 13.1. The van der Waals surface area contributed by atoms with Crippen molar-refractivity contribution >= 4 is 49.9 Å². The minimum Gasteiger partial charge on any atom is -0.384 e. The summed E-state index contributed by atoms with van der Waals surface area (Å²) in [5, 5.41) is 19.3. The van der Waals surface area contributed by atoms with Gasteiger partial charge in [0, 0.05) is 27.9 Å². The van der Waals surface area contributed by atoms with Crippen LogP contribution in [0.5, 0.6) is 0 Å². The van der Waals surface area contributed by atoms with E-state index in [1.165, 1.54) is 11.3 Å². The van der Waals surface area contributed by atoms with Crippen molar-refractivity contribution in [3.8, 4) is 6.07 Å². The maximum atomic E-state index is 13.1. The van der Waals surface area contributed by atoms with E-state index >= 15 is 0 Å². The highest BCUT2D eigenvalue weighted by Crippen LogP contribution is 2.48. The van der Waals surface area contributed by atoms with Crippen LogP contribution in [0.25, 0.3) is 0 Å². The van der Waals surface area contributed by atoms with Gasteiger partial charge in [-0.25, -0.2) is 0 Å². The van der Waals surface area contributed by atoms with Gasteiger partial charge in [0.05, 0.1) is 17.6 Å². The van der Waals surface area contributed by atoms with Crippen molar-refractivity contribution in [2.45, 2.75) is 42.9 Å². The zero-order chi connectivity index (χ0) is 21.3. The lowest BCUT2D eigenvalue weighted by Gasteiger charge is -2.38. The lowest BCUT2D eigenvalue weighted by Crippen LogP contribution is -2.38. The number of nitriles is 1. The molecule has 1 unspecified atom stereocenters. The average molecular weight is 502 g/mol. The zero-order valence-corrected chi connectivity index (χ0v) is 19.6. The number of hydrogen-bond acceptors (Lipinski definition) is 8. The van der Waals surface area contributed by atoms with E-state index in [0.29, 0.717) is 34.9 Å². The summed E-state index contributed by atoms with van der Waals surface area (Å²) in [5.41, 5.74) is 9.29. The number of thioether (sulfide) groups is 1. The van der Waals surface area contributed by atoms with Crippen LogP contribution in [0.1, 0.15) is 44.1 Å². The van der Waals surface area contributed by atoms with Crippen molar-refractivity contribution in [2.75, 3.05) is 10.7 Å². The van der Waals surface area contributed by atoms with Gasteiger partial charge in [0.15, 0.2) is 10.1 Å². The molecular formula is C21H20BrN5OS2. The monoisotopic (exact) mass is 501 g/mol. The summed E-state index contributed by atoms with van der Waals surface area (Å²) in [4.78, 5) is 14.9. The number of carbonyl (C=O) groups excluding carboxylic acids is 1. The molecule has 0 radical (unpaired) electrons. The molecule has 1 aromatic heterocycles. The van der Waals surface area contributed by atoms with Gasteiger partial charge in [0.1, 0.15) is 5.82 Å². The quantitative estimate of drug-likeness (QED) is 0.568. The molecular weight excluding hydrogens is 482 g/mol. The summed E-state index contributed by atoms with van der Waals surface area (Å²) in [6.45, 7) is 2.12. The minimum absolute atomic E-state index is 0.0624. The number of hydrogen-bond donors (Lipinski definition) is 1. The summed E-state index contributed by atoms with van der Waals surface area (Å²) in [5.74, 6) is 0.869. The van der Waals surface area contributed by atoms with Crippen molar-refractivity contribution in [1.29, 1.82) is 5.26 Å². The molecule has 1 aliphatic carbocycles. The lowest BCUT2D eigenvalue weighted by atomic mass is 9.76. The fraction of sp³-hybridized carbons (Fsp3) is 0.333. The molecule has 0 fully saturated rings. The molecule has 154 valence electrons. The highest BCUT2D eigenvalue weighted by molar-refractivity contribution is 9.10. The molecule has 2 aromatic rings. The Balaban J connectivity index is 1.88. The summed E-state index contributed by atoms with van der Waals surface area (Å²) < 4.78 is 1.71. The number of nitrogens with zero attached hydrogens (tertiary/aromatic N) is 4. The summed E-state index contributed by atoms with van der Waals surface area (Å²) in [6, 6.07) is 9.96. The topological polar surface area (TPSA) is 95.9 Å². The number of benzene rings is 1. The smallest absolute Gasteiger partial charge is 0.219 e. The van der Waals surface area contributed by atoms with Crippen LogP contribution in [-0.2, 0) is 4.79 Å². The van der Waals surface area contributed by atoms with Gasteiger partial charge in [0.2, 0.25) is 5.13 Å². The first-order chi connectivity index (χ1) is 14.6. The second kappa shape index (κ2) is 8.92. The van der Waals surface area contributed by atoms with Crippen LogP contribution in [0.4, 0.5) is 5.13 Å². The van der Waals surface area contributed by atoms with Gasteiger partial charge in [-0.2, -0.15) is 5.26 Å². The molecule has 0 bridgehead atoms. The van der Waals surface area contributed by atoms with E-state index in [-0.39, 0.29) is 5.78 Å². The Kier molecular flexibility index (Phi) is 6.27. The van der Waals surface area contributed by atoms with Crippen molar-refractivity contribution in [2.24, 2.45) is 5.73 Å². The lowest BCUT2D eigenvalue weighted by molar-refractivity contribution is -0.116. The molecule has 30 heavy (non-hydrogen) atoms. The zero-order valence-electron chi connectivity index (χ0n) is 16.4. The van der Waals surface area contributed by atoms with Crippen LogP contribution in [0, 0.1) is 11.3 Å². The number of ketones is 1. The van der Waals surface area contributed by atoms with Gasteiger partial charge in [-0.05, 0) is 30.9 Å². The number of aromatic nitrogens is 2. The minimum atomic E-state index is -0.480. The van der Waals surface area contributed by atoms with Crippen LogP contribution < -0.4 is 10.6 Å². The number of anilines is 1. The Labute approximate surface area is 192 Å². The third kappa shape index (κ3) is 3.68. The molecule has 1 aliphatic heterocycles. The van der Waals surface area contributed by atoms with Crippen LogP contribution in [-0.4, -0.2) is 21.7 Å². The number of nitrogens with two attached hydrogens (primary N) is 1. The van der Waals surface area contributed by atoms with Gasteiger partial charge < -0.3 is 5.73 Å². The van der Waals surface area contributed by atoms with E-state index in [0.717, 1.165) is 38.7 Å². The Morgan fingerprint density at radius 1 is 1.37 bits per heavy atom. The molecule has 0 amide bonds. The molecule has 0 spiro atoms. The third-order valence-corrected chi connectivity index (χ3v) is 8.12. The largest absolute Gasteiger partial charge is 0.384 e. The molecule has 1 aromatic carbocycles. The average Bonchev–Trinajstić information content (AvgIpc) is 3.20. The number of rotatable bonds is 5. The highest BCUT2D eigenvalue weighted by atomic mass is 79.9. The van der Waals surface area contributed by atoms with E-state index in [1.54, 1.807) is 16.7 Å². The molecule has 9 heteroatoms. The van der Waals surface area contributed by atoms with Gasteiger partial charge in [-0.15, -0.1) is 10.2 Å². The van der Waals surface area contributed by atoms with E-state index in [4.69, 9.17) is 5.73 Å². The van der Waals surface area contributed by atoms with E-state index in [2.05, 4.69) is 39.1 Å². The molecule has 0 saturated heterocycles. The van der Waals surface area contributed by atoms with E-state index in [9.17, 15) is 10.1 Å². The number of carbonyl (C=O) groups is 1. The fourth-order valence-electron chi connectivity index (χ4n) is 3.87. The normalized spacial score (nSPS) is 19.2. The molecule has 0 saturated carbocycles. The Morgan fingerprint density at radius 2 is 2.17 bits per heavy atom. The summed E-state index contributed by atoms with van der Waals surface area (Å²) in [6.07, 6.45) is 2.97. The van der Waals surface area contributed by atoms with Crippen LogP contribution >= 0.6 is 39.0 Å². The SMILES string of the molecule is CCCSc1nnc(N2C(N)=C(C#N)C(c3ccccc3Br)C3=C2CCCC3=O)s1. The number of allylic oxidation sites excluding steroid dienone is 3. The predicted molar refractivity (Wildman–Crippen MR) is 123 cm³/mol. The van der Waals surface area contributed by atoms with Crippen molar-refractivity contribution < 1.29 is 4.79 Å². The van der Waals surface area contributed by atoms with Crippen molar-refractivity contribution in [3.05, 3.63) is 57.0 Å². The van der Waals surface area contributed by atoms with E-state index < -0.39 is 5.92 Å². The molecule has 1 atom stereocenters. The van der Waals surface area contributed by atoms with E-state index in [1.807, 2.05) is 24.3 Å². The predicted octanol–water partition coefficient (Wildman–Crippen LogP) is 5.11. The first kappa shape index (κ1) is 21.1. The van der Waals surface area contributed by atoms with Crippen molar-refractivity contribution in [3.63, 3.8) is 0 Å². The number of Topliss-reactive ketones (excluding diaryl/α,β-unsaturated/α-hetero) is 1. The van der Waals surface area contributed by atoms with Crippen LogP contribution in [0.2, 0.25) is 0 Å². The molecule has 2 heterocycles.